The number of hydrogen-bond donors (Lipinski definition) is 1. The molecule has 1 heterocycles. The Morgan fingerprint density at radius 1 is 1.15 bits per heavy atom. The molecule has 2 N–H and O–H groups in total. The summed E-state index contributed by atoms with van der Waals surface area (Å²) in [6.07, 6.45) is 0. The second kappa shape index (κ2) is 7.28. The van der Waals surface area contributed by atoms with Gasteiger partial charge >= 0.3 is 5.69 Å². The molecule has 27 heavy (non-hydrogen) atoms. The minimum atomic E-state index is -0.744. The molecule has 0 bridgehead atoms. The van der Waals surface area contributed by atoms with Crippen LogP contribution in [0.4, 0.5) is 10.1 Å². The molecule has 0 aliphatic heterocycles. The van der Waals surface area contributed by atoms with Crippen LogP contribution in [0.2, 0.25) is 5.02 Å². The molecule has 2 aromatic carbocycles. The maximum absolute atomic E-state index is 14.5. The van der Waals surface area contributed by atoms with Crippen LogP contribution in [0.1, 0.15) is 11.3 Å². The van der Waals surface area contributed by atoms with Gasteiger partial charge < -0.3 is 15.0 Å². The first-order valence-electron chi connectivity index (χ1n) is 8.04. The first-order valence-corrected chi connectivity index (χ1v) is 8.42. The summed E-state index contributed by atoms with van der Waals surface area (Å²) in [7, 11) is 1.51. The number of halogens is 2. The first kappa shape index (κ1) is 18.7. The van der Waals surface area contributed by atoms with Crippen LogP contribution >= 0.6 is 11.6 Å². The molecule has 0 radical (unpaired) electrons. The highest BCUT2D eigenvalue weighted by Gasteiger charge is 2.13. The predicted molar refractivity (Wildman–Crippen MR) is 102 cm³/mol. The van der Waals surface area contributed by atoms with Crippen molar-refractivity contribution in [2.24, 2.45) is 7.05 Å². The summed E-state index contributed by atoms with van der Waals surface area (Å²) < 4.78 is 22.2. The van der Waals surface area contributed by atoms with Crippen LogP contribution in [0.25, 0.3) is 5.69 Å². The summed E-state index contributed by atoms with van der Waals surface area (Å²) >= 11 is 5.87. The number of nitrogens with two attached hydrogens (primary N) is 1. The van der Waals surface area contributed by atoms with Gasteiger partial charge in [-0.3, -0.25) is 4.79 Å². The lowest BCUT2D eigenvalue weighted by Gasteiger charge is -2.12. The van der Waals surface area contributed by atoms with E-state index in [-0.39, 0.29) is 18.0 Å². The van der Waals surface area contributed by atoms with E-state index in [0.29, 0.717) is 16.4 Å². The van der Waals surface area contributed by atoms with Gasteiger partial charge in [0.05, 0.1) is 16.4 Å². The molecule has 3 rings (SSSR count). The van der Waals surface area contributed by atoms with Gasteiger partial charge in [0.15, 0.2) is 5.82 Å². The Kier molecular flexibility index (Phi) is 5.05. The van der Waals surface area contributed by atoms with E-state index in [1.807, 2.05) is 0 Å². The van der Waals surface area contributed by atoms with Crippen molar-refractivity contribution in [2.45, 2.75) is 13.5 Å². The molecule has 3 aromatic rings. The molecule has 0 unspecified atom stereocenters. The van der Waals surface area contributed by atoms with Crippen molar-refractivity contribution in [2.75, 3.05) is 5.73 Å². The zero-order valence-electron chi connectivity index (χ0n) is 14.7. The molecule has 0 aliphatic rings. The number of hydrogen-bond acceptors (Lipinski definition) is 4. The van der Waals surface area contributed by atoms with E-state index < -0.39 is 17.1 Å². The number of anilines is 1. The van der Waals surface area contributed by atoms with E-state index in [9.17, 15) is 14.0 Å². The van der Waals surface area contributed by atoms with Gasteiger partial charge in [-0.2, -0.15) is 0 Å². The van der Waals surface area contributed by atoms with E-state index in [0.717, 1.165) is 16.2 Å². The van der Waals surface area contributed by atoms with Gasteiger partial charge in [-0.25, -0.2) is 13.8 Å². The summed E-state index contributed by atoms with van der Waals surface area (Å²) in [5.41, 5.74) is 6.07. The minimum absolute atomic E-state index is 0.135. The fourth-order valence-corrected chi connectivity index (χ4v) is 2.68. The van der Waals surface area contributed by atoms with Crippen molar-refractivity contribution in [3.63, 3.8) is 0 Å². The van der Waals surface area contributed by atoms with Gasteiger partial charge in [0, 0.05) is 24.9 Å². The molecule has 140 valence electrons. The molecular weight excluding hydrogens is 373 g/mol. The smallest absolute Gasteiger partial charge is 0.335 e. The lowest BCUT2D eigenvalue weighted by atomic mass is 10.2. The van der Waals surface area contributed by atoms with Crippen LogP contribution < -0.4 is 21.7 Å². The molecule has 8 heteroatoms. The normalized spacial score (nSPS) is 10.8. The lowest BCUT2D eigenvalue weighted by Crippen LogP contribution is -2.38. The van der Waals surface area contributed by atoms with Gasteiger partial charge in [0.25, 0.3) is 5.56 Å². The fraction of sp³-hybridized carbons (Fsp3) is 0.158. The highest BCUT2D eigenvalue weighted by Crippen LogP contribution is 2.22. The molecule has 0 saturated heterocycles. The van der Waals surface area contributed by atoms with E-state index in [1.54, 1.807) is 25.1 Å². The Hall–Kier alpha value is -3.06. The third-order valence-electron chi connectivity index (χ3n) is 4.19. The van der Waals surface area contributed by atoms with Crippen molar-refractivity contribution >= 4 is 17.3 Å². The van der Waals surface area contributed by atoms with Crippen LogP contribution in [0.5, 0.6) is 5.75 Å². The van der Waals surface area contributed by atoms with Crippen molar-refractivity contribution < 1.29 is 9.13 Å². The van der Waals surface area contributed by atoms with Gasteiger partial charge in [-0.15, -0.1) is 0 Å². The third kappa shape index (κ3) is 3.73. The third-order valence-corrected chi connectivity index (χ3v) is 4.53. The average Bonchev–Trinajstić information content (AvgIpc) is 2.62. The molecule has 0 atom stereocenters. The number of benzene rings is 2. The Morgan fingerprint density at radius 3 is 2.56 bits per heavy atom. The molecule has 0 fully saturated rings. The van der Waals surface area contributed by atoms with E-state index in [1.165, 1.54) is 29.8 Å². The molecule has 0 amide bonds. The molecular formula is C19H17ClFN3O3. The summed E-state index contributed by atoms with van der Waals surface area (Å²) in [5, 5.41) is 0.444. The summed E-state index contributed by atoms with van der Waals surface area (Å²) in [5.74, 6) is -0.493. The second-order valence-electron chi connectivity index (χ2n) is 6.06. The number of nitrogens with zero attached hydrogens (tertiary/aromatic N) is 2. The van der Waals surface area contributed by atoms with Crippen molar-refractivity contribution in [1.29, 1.82) is 0 Å². The van der Waals surface area contributed by atoms with Crippen LogP contribution in [0.15, 0.2) is 52.1 Å². The first-order chi connectivity index (χ1) is 12.8. The number of aryl methyl sites for hydroxylation is 1. The number of rotatable bonds is 4. The lowest BCUT2D eigenvalue weighted by molar-refractivity contribution is 0.304. The summed E-state index contributed by atoms with van der Waals surface area (Å²) in [4.78, 5) is 24.5. The van der Waals surface area contributed by atoms with Gasteiger partial charge in [-0.05, 0) is 36.8 Å². The average molecular weight is 390 g/mol. The molecule has 6 nitrogen and oxygen atoms in total. The quantitative estimate of drug-likeness (QED) is 0.696. The Morgan fingerprint density at radius 2 is 1.89 bits per heavy atom. The SMILES string of the molecule is Cc1cc(=O)n(-c2ccc(OCc3ccc(Cl)c(N)c3)cc2F)c(=O)n1C. The largest absolute Gasteiger partial charge is 0.489 e. The zero-order chi connectivity index (χ0) is 19.7. The highest BCUT2D eigenvalue weighted by molar-refractivity contribution is 6.33. The van der Waals surface area contributed by atoms with E-state index in [4.69, 9.17) is 22.1 Å². The highest BCUT2D eigenvalue weighted by atomic mass is 35.5. The number of ether oxygens (including phenoxy) is 1. The van der Waals surface area contributed by atoms with Crippen LogP contribution in [-0.2, 0) is 13.7 Å². The van der Waals surface area contributed by atoms with Gasteiger partial charge in [0.1, 0.15) is 12.4 Å². The Labute approximate surface area is 159 Å². The van der Waals surface area contributed by atoms with E-state index in [2.05, 4.69) is 0 Å². The fourth-order valence-electron chi connectivity index (χ4n) is 2.57. The molecule has 0 saturated carbocycles. The Bertz CT molecular complexity index is 1140. The van der Waals surface area contributed by atoms with Crippen molar-refractivity contribution in [3.8, 4) is 11.4 Å². The minimum Gasteiger partial charge on any atom is -0.489 e. The second-order valence-corrected chi connectivity index (χ2v) is 6.47. The number of aromatic nitrogens is 2. The zero-order valence-corrected chi connectivity index (χ0v) is 15.5. The van der Waals surface area contributed by atoms with Crippen LogP contribution in [-0.4, -0.2) is 9.13 Å². The van der Waals surface area contributed by atoms with Crippen molar-refractivity contribution in [3.05, 3.63) is 85.4 Å². The van der Waals surface area contributed by atoms with Gasteiger partial charge in [0.2, 0.25) is 0 Å². The number of nitrogen functional groups attached to an aromatic ring is 1. The molecule has 1 aromatic heterocycles. The maximum Gasteiger partial charge on any atom is 0.335 e. The molecule has 0 aliphatic carbocycles. The van der Waals surface area contributed by atoms with Crippen LogP contribution in [0.3, 0.4) is 0 Å². The van der Waals surface area contributed by atoms with E-state index >= 15 is 0 Å². The van der Waals surface area contributed by atoms with Crippen molar-refractivity contribution in [1.82, 2.24) is 9.13 Å². The van der Waals surface area contributed by atoms with Gasteiger partial charge in [-0.1, -0.05) is 17.7 Å². The summed E-state index contributed by atoms with van der Waals surface area (Å²) in [6, 6.07) is 10.3. The topological polar surface area (TPSA) is 79.2 Å². The summed E-state index contributed by atoms with van der Waals surface area (Å²) in [6.45, 7) is 1.79. The Balaban J connectivity index is 1.89. The van der Waals surface area contributed by atoms with Crippen LogP contribution in [0, 0.1) is 12.7 Å². The maximum atomic E-state index is 14.5. The molecule has 0 spiro atoms. The standard InChI is InChI=1S/C19H17ClFN3O3/c1-11-7-18(25)24(19(26)23(11)2)17-6-4-13(9-15(17)21)27-10-12-3-5-14(20)16(22)8-12/h3-9H,10,22H2,1-2H3. The predicted octanol–water partition coefficient (Wildman–Crippen LogP) is 2.80. The monoisotopic (exact) mass is 389 g/mol.